The molecule has 3 rings (SSSR count). The zero-order valence-electron chi connectivity index (χ0n) is 10.8. The van der Waals surface area contributed by atoms with Crippen molar-refractivity contribution < 1.29 is 4.79 Å². The number of carbonyl (C=O) groups is 1. The Kier molecular flexibility index (Phi) is 3.38. The lowest BCUT2D eigenvalue weighted by Crippen LogP contribution is -2.27. The van der Waals surface area contributed by atoms with Gasteiger partial charge >= 0.3 is 0 Å². The molecule has 1 amide bonds. The summed E-state index contributed by atoms with van der Waals surface area (Å²) in [6, 6.07) is 10.7. The van der Waals surface area contributed by atoms with Crippen molar-refractivity contribution >= 4 is 27.3 Å². The Hall–Kier alpha value is -1.61. The summed E-state index contributed by atoms with van der Waals surface area (Å²) in [4.78, 5) is 15.1. The molecule has 2 heterocycles. The minimum atomic E-state index is 0.269. The lowest BCUT2D eigenvalue weighted by molar-refractivity contribution is -0.127. The van der Waals surface area contributed by atoms with Gasteiger partial charge in [-0.1, -0.05) is 24.3 Å². The number of hydrogen-bond donors (Lipinski definition) is 0. The van der Waals surface area contributed by atoms with Crippen LogP contribution < -0.4 is 0 Å². The molecule has 1 saturated heterocycles. The second kappa shape index (κ2) is 5.17. The summed E-state index contributed by atoms with van der Waals surface area (Å²) in [7, 11) is 0. The number of benzene rings is 1. The number of fused-ring (bicyclic) bond motifs is 1. The van der Waals surface area contributed by atoms with E-state index in [-0.39, 0.29) is 5.91 Å². The van der Waals surface area contributed by atoms with Gasteiger partial charge in [0.25, 0.3) is 0 Å². The molecule has 0 bridgehead atoms. The Balaban J connectivity index is 1.66. The van der Waals surface area contributed by atoms with E-state index in [0.717, 1.165) is 19.5 Å². The number of amides is 1. The highest BCUT2D eigenvalue weighted by molar-refractivity contribution is 7.19. The average Bonchev–Trinajstić information content (AvgIpc) is 2.99. The molecule has 1 aromatic carbocycles. The van der Waals surface area contributed by atoms with Crippen molar-refractivity contribution in [2.45, 2.75) is 12.8 Å². The van der Waals surface area contributed by atoms with E-state index < -0.39 is 0 Å². The fourth-order valence-corrected chi connectivity index (χ4v) is 3.64. The predicted molar refractivity (Wildman–Crippen MR) is 80.4 cm³/mol. The van der Waals surface area contributed by atoms with Gasteiger partial charge in [0, 0.05) is 35.0 Å². The van der Waals surface area contributed by atoms with Crippen molar-refractivity contribution in [2.24, 2.45) is 5.92 Å². The lowest BCUT2D eigenvalue weighted by atomic mass is 10.1. The largest absolute Gasteiger partial charge is 0.342 e. The maximum atomic E-state index is 11.8. The fourth-order valence-electron chi connectivity index (χ4n) is 2.58. The number of carbonyl (C=O) groups excluding carboxylic acids is 1. The Bertz CT molecular complexity index is 583. The first-order chi connectivity index (χ1) is 9.26. The number of hydrogen-bond acceptors (Lipinski definition) is 2. The van der Waals surface area contributed by atoms with E-state index in [1.807, 2.05) is 22.3 Å². The smallest absolute Gasteiger partial charge is 0.223 e. The number of nitrogens with zero attached hydrogens (tertiary/aromatic N) is 1. The molecule has 3 heteroatoms. The molecule has 1 fully saturated rings. The summed E-state index contributed by atoms with van der Waals surface area (Å²) in [5.74, 6) is 0.612. The highest BCUT2D eigenvalue weighted by Crippen LogP contribution is 2.26. The number of likely N-dealkylation sites (tertiary alicyclic amines) is 1. The topological polar surface area (TPSA) is 20.3 Å². The first-order valence-corrected chi connectivity index (χ1v) is 7.45. The van der Waals surface area contributed by atoms with Crippen molar-refractivity contribution in [3.63, 3.8) is 0 Å². The maximum absolute atomic E-state index is 11.8. The van der Waals surface area contributed by atoms with Crippen LogP contribution in [0, 0.1) is 5.92 Å². The van der Waals surface area contributed by atoms with Gasteiger partial charge in [-0.05, 0) is 23.9 Å². The van der Waals surface area contributed by atoms with Gasteiger partial charge in [0.05, 0.1) is 0 Å². The van der Waals surface area contributed by atoms with Crippen LogP contribution in [0.1, 0.15) is 11.3 Å². The molecule has 2 aromatic rings. The van der Waals surface area contributed by atoms with Gasteiger partial charge in [-0.2, -0.15) is 0 Å². The van der Waals surface area contributed by atoms with Crippen LogP contribution in [0.4, 0.5) is 0 Å². The predicted octanol–water partition coefficient (Wildman–Crippen LogP) is 3.48. The standard InChI is InChI=1S/C16H17NOS/c1-2-12-9-16(18)17(11-12)8-7-14-10-13-5-3-4-6-15(13)19-14/h2-6,10,12H,1,7-9,11H2. The summed E-state index contributed by atoms with van der Waals surface area (Å²) in [6.07, 6.45) is 3.49. The molecular weight excluding hydrogens is 254 g/mol. The second-order valence-electron chi connectivity index (χ2n) is 5.04. The summed E-state index contributed by atoms with van der Waals surface area (Å²) in [5, 5.41) is 1.30. The third kappa shape index (κ3) is 2.56. The Labute approximate surface area is 117 Å². The van der Waals surface area contributed by atoms with Crippen LogP contribution >= 0.6 is 11.3 Å². The van der Waals surface area contributed by atoms with Crippen LogP contribution in [0.2, 0.25) is 0 Å². The van der Waals surface area contributed by atoms with E-state index in [1.165, 1.54) is 15.0 Å². The zero-order valence-corrected chi connectivity index (χ0v) is 11.7. The van der Waals surface area contributed by atoms with Crippen molar-refractivity contribution in [3.05, 3.63) is 47.9 Å². The first-order valence-electron chi connectivity index (χ1n) is 6.64. The van der Waals surface area contributed by atoms with Gasteiger partial charge in [0.2, 0.25) is 5.91 Å². The normalized spacial score (nSPS) is 19.3. The molecule has 1 unspecified atom stereocenters. The molecule has 1 aliphatic heterocycles. The first kappa shape index (κ1) is 12.4. The van der Waals surface area contributed by atoms with E-state index in [9.17, 15) is 4.79 Å². The minimum Gasteiger partial charge on any atom is -0.342 e. The van der Waals surface area contributed by atoms with Gasteiger partial charge in [-0.25, -0.2) is 0 Å². The number of rotatable bonds is 4. The molecule has 0 radical (unpaired) electrons. The monoisotopic (exact) mass is 271 g/mol. The van der Waals surface area contributed by atoms with E-state index in [1.54, 1.807) is 0 Å². The fraction of sp³-hybridized carbons (Fsp3) is 0.312. The van der Waals surface area contributed by atoms with Gasteiger partial charge in [0.1, 0.15) is 0 Å². The van der Waals surface area contributed by atoms with E-state index in [0.29, 0.717) is 12.3 Å². The molecule has 1 aromatic heterocycles. The van der Waals surface area contributed by atoms with Crippen LogP contribution in [0.5, 0.6) is 0 Å². The van der Waals surface area contributed by atoms with Crippen molar-refractivity contribution in [1.29, 1.82) is 0 Å². The Morgan fingerprint density at radius 1 is 1.42 bits per heavy atom. The molecule has 0 N–H and O–H groups in total. The summed E-state index contributed by atoms with van der Waals surface area (Å²) in [5.41, 5.74) is 0. The van der Waals surface area contributed by atoms with E-state index in [2.05, 4.69) is 36.9 Å². The molecular formula is C16H17NOS. The summed E-state index contributed by atoms with van der Waals surface area (Å²) < 4.78 is 1.33. The van der Waals surface area contributed by atoms with E-state index in [4.69, 9.17) is 0 Å². The lowest BCUT2D eigenvalue weighted by Gasteiger charge is -2.15. The molecule has 2 nitrogen and oxygen atoms in total. The van der Waals surface area contributed by atoms with Crippen molar-refractivity contribution in [2.75, 3.05) is 13.1 Å². The average molecular weight is 271 g/mol. The van der Waals surface area contributed by atoms with Gasteiger partial charge in [-0.15, -0.1) is 17.9 Å². The van der Waals surface area contributed by atoms with Gasteiger partial charge in [-0.3, -0.25) is 4.79 Å². The Morgan fingerprint density at radius 2 is 2.26 bits per heavy atom. The molecule has 0 aliphatic carbocycles. The van der Waals surface area contributed by atoms with Crippen LogP contribution in [-0.2, 0) is 11.2 Å². The third-order valence-corrected chi connectivity index (χ3v) is 4.86. The summed E-state index contributed by atoms with van der Waals surface area (Å²) >= 11 is 1.83. The van der Waals surface area contributed by atoms with Crippen LogP contribution in [0.25, 0.3) is 10.1 Å². The minimum absolute atomic E-state index is 0.269. The molecule has 1 aliphatic rings. The quantitative estimate of drug-likeness (QED) is 0.780. The van der Waals surface area contributed by atoms with Crippen molar-refractivity contribution in [1.82, 2.24) is 4.90 Å². The molecule has 19 heavy (non-hydrogen) atoms. The third-order valence-electron chi connectivity index (χ3n) is 3.68. The Morgan fingerprint density at radius 3 is 3.00 bits per heavy atom. The SMILES string of the molecule is C=CC1CC(=O)N(CCc2cc3ccccc3s2)C1. The highest BCUT2D eigenvalue weighted by atomic mass is 32.1. The van der Waals surface area contributed by atoms with Crippen LogP contribution in [-0.4, -0.2) is 23.9 Å². The van der Waals surface area contributed by atoms with E-state index >= 15 is 0 Å². The van der Waals surface area contributed by atoms with Gasteiger partial charge < -0.3 is 4.90 Å². The molecule has 0 spiro atoms. The molecule has 98 valence electrons. The number of thiophene rings is 1. The maximum Gasteiger partial charge on any atom is 0.223 e. The second-order valence-corrected chi connectivity index (χ2v) is 6.21. The molecule has 1 atom stereocenters. The van der Waals surface area contributed by atoms with Crippen LogP contribution in [0.15, 0.2) is 43.0 Å². The molecule has 0 saturated carbocycles. The van der Waals surface area contributed by atoms with Crippen molar-refractivity contribution in [3.8, 4) is 0 Å². The van der Waals surface area contributed by atoms with Gasteiger partial charge in [0.15, 0.2) is 0 Å². The zero-order chi connectivity index (χ0) is 13.2. The summed E-state index contributed by atoms with van der Waals surface area (Å²) in [6.45, 7) is 5.45. The van der Waals surface area contributed by atoms with Crippen LogP contribution in [0.3, 0.4) is 0 Å². The highest BCUT2D eigenvalue weighted by Gasteiger charge is 2.26.